The smallest absolute Gasteiger partial charge is 0.123 e. The van der Waals surface area contributed by atoms with Crippen LogP contribution in [-0.2, 0) is 11.8 Å². The average molecular weight is 257 g/mol. The minimum Gasteiger partial charge on any atom is -0.330 e. The molecule has 0 aliphatic carbocycles. The molecule has 1 atom stereocenters. The predicted molar refractivity (Wildman–Crippen MR) is 77.7 cm³/mol. The van der Waals surface area contributed by atoms with Gasteiger partial charge in [-0.05, 0) is 36.6 Å². The van der Waals surface area contributed by atoms with E-state index in [2.05, 4.69) is 38.1 Å². The molecule has 0 fully saturated rings. The standard InChI is InChI=1S/C17H20FN/c1-13-3-5-14(6-4-13)11-17(2,12-19)15-7-9-16(18)10-8-15/h3-10H,11-12,19H2,1-2H3. The third-order valence-electron chi connectivity index (χ3n) is 3.71. The van der Waals surface area contributed by atoms with Crippen LogP contribution < -0.4 is 5.73 Å². The topological polar surface area (TPSA) is 26.0 Å². The van der Waals surface area contributed by atoms with Crippen LogP contribution in [0.2, 0.25) is 0 Å². The molecule has 0 aliphatic heterocycles. The van der Waals surface area contributed by atoms with Crippen LogP contribution in [0.1, 0.15) is 23.6 Å². The molecule has 0 amide bonds. The molecule has 19 heavy (non-hydrogen) atoms. The summed E-state index contributed by atoms with van der Waals surface area (Å²) in [4.78, 5) is 0. The molecule has 0 aliphatic rings. The first-order valence-electron chi connectivity index (χ1n) is 6.55. The van der Waals surface area contributed by atoms with Gasteiger partial charge in [-0.15, -0.1) is 0 Å². The van der Waals surface area contributed by atoms with Gasteiger partial charge in [0.05, 0.1) is 0 Å². The first-order valence-corrected chi connectivity index (χ1v) is 6.55. The van der Waals surface area contributed by atoms with Crippen molar-refractivity contribution in [3.63, 3.8) is 0 Å². The molecule has 0 heterocycles. The zero-order valence-corrected chi connectivity index (χ0v) is 11.5. The quantitative estimate of drug-likeness (QED) is 0.890. The maximum Gasteiger partial charge on any atom is 0.123 e. The maximum absolute atomic E-state index is 13.0. The number of aryl methyl sites for hydroxylation is 1. The van der Waals surface area contributed by atoms with E-state index in [-0.39, 0.29) is 11.2 Å². The third-order valence-corrected chi connectivity index (χ3v) is 3.71. The van der Waals surface area contributed by atoms with Crippen molar-refractivity contribution < 1.29 is 4.39 Å². The van der Waals surface area contributed by atoms with Crippen LogP contribution in [0.15, 0.2) is 48.5 Å². The predicted octanol–water partition coefficient (Wildman–Crippen LogP) is 3.59. The average Bonchev–Trinajstić information content (AvgIpc) is 2.42. The maximum atomic E-state index is 13.0. The Morgan fingerprint density at radius 1 is 1.00 bits per heavy atom. The van der Waals surface area contributed by atoms with Gasteiger partial charge in [0.1, 0.15) is 5.82 Å². The molecule has 0 bridgehead atoms. The molecule has 2 aromatic carbocycles. The molecule has 0 aromatic heterocycles. The van der Waals surface area contributed by atoms with Crippen LogP contribution in [0.25, 0.3) is 0 Å². The molecular weight excluding hydrogens is 237 g/mol. The fourth-order valence-electron chi connectivity index (χ4n) is 2.30. The zero-order chi connectivity index (χ0) is 13.9. The molecule has 1 nitrogen and oxygen atoms in total. The molecule has 100 valence electrons. The summed E-state index contributed by atoms with van der Waals surface area (Å²) in [6.07, 6.45) is 0.857. The lowest BCUT2D eigenvalue weighted by molar-refractivity contribution is 0.479. The van der Waals surface area contributed by atoms with Gasteiger partial charge in [-0.25, -0.2) is 4.39 Å². The second-order valence-corrected chi connectivity index (χ2v) is 5.43. The summed E-state index contributed by atoms with van der Waals surface area (Å²) in [6.45, 7) is 4.73. The van der Waals surface area contributed by atoms with Gasteiger partial charge in [0, 0.05) is 12.0 Å². The molecule has 0 saturated carbocycles. The van der Waals surface area contributed by atoms with E-state index in [1.807, 2.05) is 12.1 Å². The molecule has 2 aromatic rings. The second kappa shape index (κ2) is 5.54. The second-order valence-electron chi connectivity index (χ2n) is 5.43. The van der Waals surface area contributed by atoms with Crippen LogP contribution in [0.5, 0.6) is 0 Å². The van der Waals surface area contributed by atoms with Crippen molar-refractivity contribution in [2.75, 3.05) is 6.54 Å². The van der Waals surface area contributed by atoms with Crippen molar-refractivity contribution in [1.29, 1.82) is 0 Å². The number of halogens is 1. The molecule has 2 heteroatoms. The van der Waals surface area contributed by atoms with E-state index < -0.39 is 0 Å². The Morgan fingerprint density at radius 3 is 2.11 bits per heavy atom. The van der Waals surface area contributed by atoms with Gasteiger partial charge in [-0.1, -0.05) is 48.9 Å². The Bertz CT molecular complexity index is 530. The lowest BCUT2D eigenvalue weighted by atomic mass is 9.77. The van der Waals surface area contributed by atoms with Crippen LogP contribution in [0, 0.1) is 12.7 Å². The van der Waals surface area contributed by atoms with Crippen LogP contribution in [0.4, 0.5) is 4.39 Å². The molecule has 1 unspecified atom stereocenters. The molecular formula is C17H20FN. The molecule has 0 spiro atoms. The van der Waals surface area contributed by atoms with E-state index in [1.54, 1.807) is 0 Å². The van der Waals surface area contributed by atoms with E-state index in [0.29, 0.717) is 6.54 Å². The van der Waals surface area contributed by atoms with E-state index in [9.17, 15) is 4.39 Å². The fourth-order valence-corrected chi connectivity index (χ4v) is 2.30. The zero-order valence-electron chi connectivity index (χ0n) is 11.5. The number of hydrogen-bond donors (Lipinski definition) is 1. The monoisotopic (exact) mass is 257 g/mol. The summed E-state index contributed by atoms with van der Waals surface area (Å²) in [7, 11) is 0. The van der Waals surface area contributed by atoms with E-state index >= 15 is 0 Å². The van der Waals surface area contributed by atoms with Crippen molar-refractivity contribution in [2.24, 2.45) is 5.73 Å². The van der Waals surface area contributed by atoms with Crippen molar-refractivity contribution in [1.82, 2.24) is 0 Å². The van der Waals surface area contributed by atoms with Crippen LogP contribution >= 0.6 is 0 Å². The summed E-state index contributed by atoms with van der Waals surface area (Å²) in [5.74, 6) is -0.210. The third kappa shape index (κ3) is 3.21. The normalized spacial score (nSPS) is 14.1. The van der Waals surface area contributed by atoms with Crippen molar-refractivity contribution in [3.8, 4) is 0 Å². The Morgan fingerprint density at radius 2 is 1.58 bits per heavy atom. The summed E-state index contributed by atoms with van der Waals surface area (Å²) in [6, 6.07) is 15.1. The summed E-state index contributed by atoms with van der Waals surface area (Å²) in [5.41, 5.74) is 9.38. The molecule has 0 radical (unpaired) electrons. The lowest BCUT2D eigenvalue weighted by Crippen LogP contribution is -2.34. The molecule has 0 saturated heterocycles. The number of rotatable bonds is 4. The molecule has 2 rings (SSSR count). The summed E-state index contributed by atoms with van der Waals surface area (Å²) in [5, 5.41) is 0. The highest BCUT2D eigenvalue weighted by Crippen LogP contribution is 2.27. The van der Waals surface area contributed by atoms with Gasteiger partial charge >= 0.3 is 0 Å². The van der Waals surface area contributed by atoms with Gasteiger partial charge in [-0.2, -0.15) is 0 Å². The van der Waals surface area contributed by atoms with Crippen molar-refractivity contribution >= 4 is 0 Å². The minimum atomic E-state index is -0.210. The van der Waals surface area contributed by atoms with Gasteiger partial charge in [0.2, 0.25) is 0 Å². The lowest BCUT2D eigenvalue weighted by Gasteiger charge is -2.29. The Kier molecular flexibility index (Phi) is 4.01. The van der Waals surface area contributed by atoms with E-state index in [4.69, 9.17) is 5.73 Å². The summed E-state index contributed by atoms with van der Waals surface area (Å²) >= 11 is 0. The highest BCUT2D eigenvalue weighted by Gasteiger charge is 2.25. The first-order chi connectivity index (χ1) is 9.03. The number of nitrogens with two attached hydrogens (primary N) is 1. The Labute approximate surface area is 114 Å². The number of hydrogen-bond acceptors (Lipinski definition) is 1. The van der Waals surface area contributed by atoms with E-state index in [0.717, 1.165) is 12.0 Å². The van der Waals surface area contributed by atoms with Crippen molar-refractivity contribution in [3.05, 3.63) is 71.0 Å². The Balaban J connectivity index is 2.27. The van der Waals surface area contributed by atoms with Gasteiger partial charge in [0.15, 0.2) is 0 Å². The summed E-state index contributed by atoms with van der Waals surface area (Å²) < 4.78 is 13.0. The van der Waals surface area contributed by atoms with Gasteiger partial charge in [0.25, 0.3) is 0 Å². The van der Waals surface area contributed by atoms with Crippen LogP contribution in [-0.4, -0.2) is 6.54 Å². The highest BCUT2D eigenvalue weighted by molar-refractivity contribution is 5.30. The van der Waals surface area contributed by atoms with Crippen LogP contribution in [0.3, 0.4) is 0 Å². The van der Waals surface area contributed by atoms with Gasteiger partial charge in [-0.3, -0.25) is 0 Å². The highest BCUT2D eigenvalue weighted by atomic mass is 19.1. The molecule has 2 N–H and O–H groups in total. The van der Waals surface area contributed by atoms with Gasteiger partial charge < -0.3 is 5.73 Å². The van der Waals surface area contributed by atoms with Crippen molar-refractivity contribution in [2.45, 2.75) is 25.7 Å². The SMILES string of the molecule is Cc1ccc(CC(C)(CN)c2ccc(F)cc2)cc1. The van der Waals surface area contributed by atoms with E-state index in [1.165, 1.54) is 23.3 Å². The minimum absolute atomic E-state index is 0.164. The Hall–Kier alpha value is -1.67. The largest absolute Gasteiger partial charge is 0.330 e. The fraction of sp³-hybridized carbons (Fsp3) is 0.294. The number of benzene rings is 2. The first kappa shape index (κ1) is 13.8.